The van der Waals surface area contributed by atoms with Gasteiger partial charge in [-0.2, -0.15) is 0 Å². The van der Waals surface area contributed by atoms with Crippen molar-refractivity contribution in [2.75, 3.05) is 5.32 Å². The van der Waals surface area contributed by atoms with E-state index in [1.807, 2.05) is 54.6 Å². The molecule has 1 atom stereocenters. The highest BCUT2D eigenvalue weighted by Crippen LogP contribution is 2.24. The molecule has 1 N–H and O–H groups in total. The topological polar surface area (TPSA) is 55.4 Å². The maximum atomic E-state index is 13.0. The van der Waals surface area contributed by atoms with E-state index in [-0.39, 0.29) is 23.5 Å². The number of benzene rings is 4. The highest BCUT2D eigenvalue weighted by atomic mass is 19.1. The molecule has 0 aliphatic carbocycles. The Morgan fingerprint density at radius 2 is 1.43 bits per heavy atom. The highest BCUT2D eigenvalue weighted by molar-refractivity contribution is 5.95. The van der Waals surface area contributed by atoms with E-state index >= 15 is 0 Å². The first-order valence-corrected chi connectivity index (χ1v) is 12.0. The third-order valence-electron chi connectivity index (χ3n) is 5.54. The minimum atomic E-state index is -0.308. The van der Waals surface area contributed by atoms with E-state index in [0.717, 1.165) is 28.8 Å². The molecule has 0 saturated heterocycles. The minimum Gasteiger partial charge on any atom is -0.489 e. The van der Waals surface area contributed by atoms with Gasteiger partial charge in [0.05, 0.1) is 6.04 Å². The van der Waals surface area contributed by atoms with Crippen LogP contribution in [0.4, 0.5) is 14.5 Å². The minimum absolute atomic E-state index is 0.0463. The molecule has 0 unspecified atom stereocenters. The summed E-state index contributed by atoms with van der Waals surface area (Å²) in [5, 5.41) is 3.26. The molecule has 0 aromatic heterocycles. The maximum Gasteiger partial charge on any atom is 0.162 e. The quantitative estimate of drug-likeness (QED) is 0.180. The van der Waals surface area contributed by atoms with E-state index in [1.165, 1.54) is 36.4 Å². The molecule has 4 rings (SSSR count). The van der Waals surface area contributed by atoms with Gasteiger partial charge in [0.15, 0.2) is 5.78 Å². The Bertz CT molecular complexity index is 1240. The van der Waals surface area contributed by atoms with Crippen LogP contribution in [0.3, 0.4) is 0 Å². The van der Waals surface area contributed by atoms with Crippen molar-refractivity contribution >= 4 is 17.8 Å². The lowest BCUT2D eigenvalue weighted by molar-refractivity contribution is -0.108. The zero-order valence-electron chi connectivity index (χ0n) is 20.6. The smallest absolute Gasteiger partial charge is 0.162 e. The molecule has 0 amide bonds. The Kier molecular flexibility index (Phi) is 10.5. The third-order valence-corrected chi connectivity index (χ3v) is 5.54. The first-order chi connectivity index (χ1) is 18.0. The van der Waals surface area contributed by atoms with Crippen LogP contribution in [0.5, 0.6) is 5.75 Å². The van der Waals surface area contributed by atoms with Crippen molar-refractivity contribution in [3.8, 4) is 5.75 Å². The summed E-state index contributed by atoms with van der Waals surface area (Å²) in [4.78, 5) is 22.0. The zero-order valence-corrected chi connectivity index (χ0v) is 20.6. The number of halogens is 2. The van der Waals surface area contributed by atoms with Crippen LogP contribution in [0.25, 0.3) is 0 Å². The monoisotopic (exact) mass is 501 g/mol. The van der Waals surface area contributed by atoms with Crippen molar-refractivity contribution in [2.24, 2.45) is 0 Å². The van der Waals surface area contributed by atoms with Crippen LogP contribution < -0.4 is 10.1 Å². The molecule has 190 valence electrons. The van der Waals surface area contributed by atoms with E-state index in [1.54, 1.807) is 19.1 Å². The normalized spacial score (nSPS) is 11.0. The number of hydrogen-bond donors (Lipinski definition) is 1. The van der Waals surface area contributed by atoms with Gasteiger partial charge in [-0.1, -0.05) is 49.4 Å². The third kappa shape index (κ3) is 9.00. The Labute approximate surface area is 215 Å². The van der Waals surface area contributed by atoms with Crippen LogP contribution in [0.15, 0.2) is 103 Å². The molecule has 37 heavy (non-hydrogen) atoms. The molecular formula is C31H29F2NO3. The molecule has 0 fully saturated rings. The summed E-state index contributed by atoms with van der Waals surface area (Å²) in [6.45, 7) is 2.29. The molecule has 4 nitrogen and oxygen atoms in total. The number of Topliss-reactive ketones (excluding diaryl/α,β-unsaturated/α-hetero) is 1. The van der Waals surface area contributed by atoms with E-state index in [0.29, 0.717) is 25.0 Å². The molecule has 0 radical (unpaired) electrons. The summed E-state index contributed by atoms with van der Waals surface area (Å²) < 4.78 is 31.2. The van der Waals surface area contributed by atoms with Crippen molar-refractivity contribution in [1.29, 1.82) is 0 Å². The van der Waals surface area contributed by atoms with E-state index < -0.39 is 0 Å². The van der Waals surface area contributed by atoms with Crippen LogP contribution in [0, 0.1) is 11.6 Å². The lowest BCUT2D eigenvalue weighted by atomic mass is 10.0. The maximum absolute atomic E-state index is 13.0. The van der Waals surface area contributed by atoms with Crippen molar-refractivity contribution in [3.05, 3.63) is 131 Å². The number of hydrogen-bond acceptors (Lipinski definition) is 4. The molecule has 0 bridgehead atoms. The van der Waals surface area contributed by atoms with Gasteiger partial charge in [0.2, 0.25) is 0 Å². The fourth-order valence-electron chi connectivity index (χ4n) is 3.50. The second-order valence-corrected chi connectivity index (χ2v) is 8.23. The summed E-state index contributed by atoms with van der Waals surface area (Å²) in [6.07, 6.45) is 1.66. The lowest BCUT2D eigenvalue weighted by Gasteiger charge is -2.18. The Morgan fingerprint density at radius 3 is 2.00 bits per heavy atom. The second kappa shape index (κ2) is 14.3. The van der Waals surface area contributed by atoms with Gasteiger partial charge in [0.25, 0.3) is 0 Å². The van der Waals surface area contributed by atoms with Gasteiger partial charge in [-0.3, -0.25) is 4.79 Å². The van der Waals surface area contributed by atoms with Crippen LogP contribution in [0.2, 0.25) is 0 Å². The number of carbonyl (C=O) groups excluding carboxylic acids is 2. The fraction of sp³-hybridized carbons (Fsp3) is 0.161. The van der Waals surface area contributed by atoms with Gasteiger partial charge in [-0.15, -0.1) is 0 Å². The largest absolute Gasteiger partial charge is 0.489 e. The van der Waals surface area contributed by atoms with Gasteiger partial charge in [0, 0.05) is 24.1 Å². The summed E-state index contributed by atoms with van der Waals surface area (Å²) in [6, 6.07) is 29.1. The first-order valence-electron chi connectivity index (χ1n) is 12.0. The molecular weight excluding hydrogens is 472 g/mol. The second-order valence-electron chi connectivity index (χ2n) is 8.23. The van der Waals surface area contributed by atoms with Gasteiger partial charge >= 0.3 is 0 Å². The van der Waals surface area contributed by atoms with Crippen LogP contribution in [-0.4, -0.2) is 12.1 Å². The SMILES string of the molecule is CCC(=O)c1ccc(F)cc1.O=CC[C@H](Nc1ccc(F)cc1)c1ccc(OCc2ccccc2)cc1. The Hall–Kier alpha value is -4.32. The molecule has 0 saturated carbocycles. The van der Waals surface area contributed by atoms with Gasteiger partial charge in [0.1, 0.15) is 30.3 Å². The molecule has 0 aliphatic heterocycles. The number of carbonyl (C=O) groups is 2. The number of aldehydes is 1. The van der Waals surface area contributed by atoms with E-state index in [2.05, 4.69) is 5.32 Å². The number of rotatable bonds is 10. The zero-order chi connectivity index (χ0) is 26.5. The molecule has 4 aromatic carbocycles. The first kappa shape index (κ1) is 27.3. The van der Waals surface area contributed by atoms with Crippen LogP contribution in [-0.2, 0) is 11.4 Å². The molecule has 0 aliphatic rings. The highest BCUT2D eigenvalue weighted by Gasteiger charge is 2.11. The molecule has 6 heteroatoms. The standard InChI is InChI=1S/C22H20FNO2.C9H9FO/c23-19-8-10-20(11-9-19)24-22(14-15-25)18-6-12-21(13-7-18)26-16-17-4-2-1-3-5-17;1-2-9(11)7-3-5-8(10)6-4-7/h1-13,15,22,24H,14,16H2;3-6H,2H2,1H3/t22-;/m0./s1. The van der Waals surface area contributed by atoms with Gasteiger partial charge in [-0.25, -0.2) is 8.78 Å². The van der Waals surface area contributed by atoms with Crippen molar-refractivity contribution in [3.63, 3.8) is 0 Å². The molecule has 4 aromatic rings. The van der Waals surface area contributed by atoms with Crippen molar-refractivity contribution < 1.29 is 23.1 Å². The average molecular weight is 502 g/mol. The van der Waals surface area contributed by atoms with Crippen LogP contribution >= 0.6 is 0 Å². The number of ether oxygens (including phenoxy) is 1. The van der Waals surface area contributed by atoms with Crippen molar-refractivity contribution in [1.82, 2.24) is 0 Å². The summed E-state index contributed by atoms with van der Waals surface area (Å²) in [5.74, 6) is 0.217. The molecule has 0 spiro atoms. The Morgan fingerprint density at radius 1 is 0.838 bits per heavy atom. The van der Waals surface area contributed by atoms with Gasteiger partial charge in [-0.05, 0) is 71.8 Å². The number of anilines is 1. The van der Waals surface area contributed by atoms with E-state index in [9.17, 15) is 18.4 Å². The predicted molar refractivity (Wildman–Crippen MR) is 142 cm³/mol. The van der Waals surface area contributed by atoms with Crippen molar-refractivity contribution in [2.45, 2.75) is 32.4 Å². The summed E-state index contributed by atoms with van der Waals surface area (Å²) in [5.41, 5.74) is 3.42. The van der Waals surface area contributed by atoms with Gasteiger partial charge < -0.3 is 14.8 Å². The molecule has 0 heterocycles. The average Bonchev–Trinajstić information content (AvgIpc) is 2.94. The number of nitrogens with one attached hydrogen (secondary N) is 1. The fourth-order valence-corrected chi connectivity index (χ4v) is 3.50. The van der Waals surface area contributed by atoms with E-state index in [4.69, 9.17) is 4.74 Å². The summed E-state index contributed by atoms with van der Waals surface area (Å²) in [7, 11) is 0. The lowest BCUT2D eigenvalue weighted by Crippen LogP contribution is -2.11. The summed E-state index contributed by atoms with van der Waals surface area (Å²) >= 11 is 0. The number of ketones is 1. The Balaban J connectivity index is 0.000000289. The van der Waals surface area contributed by atoms with Crippen LogP contribution in [0.1, 0.15) is 47.3 Å². The predicted octanol–water partition coefficient (Wildman–Crippen LogP) is 7.57.